The molecule has 3 rings (SSSR count). The highest BCUT2D eigenvalue weighted by atomic mass is 32.2. The van der Waals surface area contributed by atoms with Gasteiger partial charge in [0, 0.05) is 38.2 Å². The molecule has 2 aromatic heterocycles. The van der Waals surface area contributed by atoms with Crippen molar-refractivity contribution in [1.29, 1.82) is 0 Å². The molecule has 1 aliphatic heterocycles. The minimum atomic E-state index is -2.96. The summed E-state index contributed by atoms with van der Waals surface area (Å²) in [5.74, 6) is 0.118. The topological polar surface area (TPSA) is 92.3 Å². The van der Waals surface area contributed by atoms with Crippen molar-refractivity contribution >= 4 is 21.4 Å². The molecular weight excluding hydrogens is 340 g/mol. The Morgan fingerprint density at radius 2 is 2.16 bits per heavy atom. The summed E-state index contributed by atoms with van der Waals surface area (Å²) in [7, 11) is -1.13. The molecule has 1 aliphatic rings. The van der Waals surface area contributed by atoms with E-state index in [1.54, 1.807) is 24.7 Å². The molecule has 0 saturated carbocycles. The largest absolute Gasteiger partial charge is 0.369 e. The average Bonchev–Trinajstić information content (AvgIpc) is 3.00. The number of nitrogens with zero attached hydrogens (tertiary/aromatic N) is 3. The van der Waals surface area contributed by atoms with Crippen molar-refractivity contribution in [1.82, 2.24) is 15.3 Å². The van der Waals surface area contributed by atoms with Crippen molar-refractivity contribution in [3.8, 4) is 0 Å². The van der Waals surface area contributed by atoms with Crippen LogP contribution in [0.2, 0.25) is 0 Å². The normalized spacial score (nSPS) is 18.7. The summed E-state index contributed by atoms with van der Waals surface area (Å²) in [6, 6.07) is 5.35. The van der Waals surface area contributed by atoms with Crippen LogP contribution in [-0.2, 0) is 16.4 Å². The molecule has 1 unspecified atom stereocenters. The highest BCUT2D eigenvalue weighted by Crippen LogP contribution is 2.23. The van der Waals surface area contributed by atoms with Crippen LogP contribution in [0.1, 0.15) is 22.3 Å². The van der Waals surface area contributed by atoms with E-state index < -0.39 is 9.84 Å². The summed E-state index contributed by atoms with van der Waals surface area (Å²) in [4.78, 5) is 22.3. The Balaban J connectivity index is 1.67. The number of carbonyl (C=O) groups excluding carboxylic acids is 1. The van der Waals surface area contributed by atoms with Crippen LogP contribution in [0.4, 0.5) is 5.69 Å². The number of rotatable bonds is 5. The predicted molar refractivity (Wildman–Crippen MR) is 95.1 cm³/mol. The maximum absolute atomic E-state index is 12.3. The molecule has 7 nitrogen and oxygen atoms in total. The predicted octanol–water partition coefficient (Wildman–Crippen LogP) is 1.03. The van der Waals surface area contributed by atoms with Gasteiger partial charge in [-0.2, -0.15) is 0 Å². The zero-order valence-corrected chi connectivity index (χ0v) is 14.7. The van der Waals surface area contributed by atoms with Gasteiger partial charge in [-0.1, -0.05) is 6.07 Å². The van der Waals surface area contributed by atoms with Gasteiger partial charge in [0.25, 0.3) is 5.91 Å². The van der Waals surface area contributed by atoms with Crippen LogP contribution >= 0.6 is 0 Å². The second-order valence-corrected chi connectivity index (χ2v) is 8.37. The van der Waals surface area contributed by atoms with Gasteiger partial charge in [-0.15, -0.1) is 0 Å². The fraction of sp³-hybridized carbons (Fsp3) is 0.353. The summed E-state index contributed by atoms with van der Waals surface area (Å²) in [6.07, 6.45) is 7.11. The van der Waals surface area contributed by atoms with Gasteiger partial charge in [-0.3, -0.25) is 14.8 Å². The molecule has 25 heavy (non-hydrogen) atoms. The van der Waals surface area contributed by atoms with E-state index in [1.807, 2.05) is 24.1 Å². The summed E-state index contributed by atoms with van der Waals surface area (Å²) in [5.41, 5.74) is 2.08. The number of hydrogen-bond donors (Lipinski definition) is 1. The first-order chi connectivity index (χ1) is 11.9. The number of aromatic nitrogens is 2. The fourth-order valence-corrected chi connectivity index (χ4v) is 4.60. The zero-order chi connectivity index (χ0) is 17.9. The molecule has 1 N–H and O–H groups in total. The van der Waals surface area contributed by atoms with Gasteiger partial charge < -0.3 is 10.2 Å². The van der Waals surface area contributed by atoms with E-state index in [4.69, 9.17) is 0 Å². The van der Waals surface area contributed by atoms with E-state index in [0.29, 0.717) is 18.5 Å². The second kappa shape index (κ2) is 7.18. The molecule has 0 spiro atoms. The molecule has 0 bridgehead atoms. The van der Waals surface area contributed by atoms with Crippen LogP contribution in [0, 0.1) is 0 Å². The van der Waals surface area contributed by atoms with Crippen molar-refractivity contribution in [3.63, 3.8) is 0 Å². The van der Waals surface area contributed by atoms with E-state index >= 15 is 0 Å². The lowest BCUT2D eigenvalue weighted by Gasteiger charge is -2.25. The summed E-state index contributed by atoms with van der Waals surface area (Å²) < 4.78 is 23.3. The van der Waals surface area contributed by atoms with Crippen LogP contribution in [0.5, 0.6) is 0 Å². The first-order valence-electron chi connectivity index (χ1n) is 8.00. The quantitative estimate of drug-likeness (QED) is 0.856. The summed E-state index contributed by atoms with van der Waals surface area (Å²) >= 11 is 0. The third kappa shape index (κ3) is 4.33. The Hall–Kier alpha value is -2.48. The lowest BCUT2D eigenvalue weighted by atomic mass is 10.2. The van der Waals surface area contributed by atoms with Gasteiger partial charge in [0.15, 0.2) is 9.84 Å². The van der Waals surface area contributed by atoms with Crippen molar-refractivity contribution < 1.29 is 13.2 Å². The van der Waals surface area contributed by atoms with E-state index in [1.165, 1.54) is 6.20 Å². The molecular formula is C17H20N4O3S. The minimum Gasteiger partial charge on any atom is -0.369 e. The molecule has 2 aromatic rings. The number of pyridine rings is 2. The lowest BCUT2D eigenvalue weighted by Crippen LogP contribution is -2.33. The Labute approximate surface area is 147 Å². The number of sulfone groups is 1. The molecule has 8 heteroatoms. The molecule has 1 fully saturated rings. The van der Waals surface area contributed by atoms with E-state index in [0.717, 1.165) is 11.3 Å². The first-order valence-corrected chi connectivity index (χ1v) is 9.82. The van der Waals surface area contributed by atoms with Gasteiger partial charge in [0.2, 0.25) is 0 Å². The highest BCUT2D eigenvalue weighted by molar-refractivity contribution is 7.91. The van der Waals surface area contributed by atoms with Crippen LogP contribution in [0.3, 0.4) is 0 Å². The standard InChI is InChI=1S/C17H20N4O3S/c1-21(15-4-6-25(23,24)12-15)16-7-14(10-19-11-16)17(22)20-9-13-3-2-5-18-8-13/h2-3,5,7-8,10-11,15H,4,6,9,12H2,1H3,(H,20,22). The number of amides is 1. The Bertz CT molecular complexity index is 855. The molecule has 1 atom stereocenters. The molecule has 0 aromatic carbocycles. The minimum absolute atomic E-state index is 0.0829. The number of carbonyl (C=O) groups is 1. The maximum atomic E-state index is 12.3. The van der Waals surface area contributed by atoms with E-state index in [2.05, 4.69) is 15.3 Å². The molecule has 132 valence electrons. The molecule has 3 heterocycles. The van der Waals surface area contributed by atoms with Crippen molar-refractivity contribution in [2.75, 3.05) is 23.5 Å². The molecule has 1 saturated heterocycles. The third-order valence-electron chi connectivity index (χ3n) is 4.33. The zero-order valence-electron chi connectivity index (χ0n) is 13.9. The molecule has 1 amide bonds. The van der Waals surface area contributed by atoms with Crippen molar-refractivity contribution in [2.24, 2.45) is 0 Å². The smallest absolute Gasteiger partial charge is 0.253 e. The lowest BCUT2D eigenvalue weighted by molar-refractivity contribution is 0.0950. The monoisotopic (exact) mass is 360 g/mol. The van der Waals surface area contributed by atoms with Crippen LogP contribution in [0.15, 0.2) is 43.0 Å². The second-order valence-electron chi connectivity index (χ2n) is 6.14. The molecule has 0 radical (unpaired) electrons. The number of nitrogens with one attached hydrogen (secondary N) is 1. The van der Waals surface area contributed by atoms with Crippen molar-refractivity contribution in [3.05, 3.63) is 54.1 Å². The summed E-state index contributed by atoms with van der Waals surface area (Å²) in [6.45, 7) is 0.383. The SMILES string of the molecule is CN(c1cncc(C(=O)NCc2cccnc2)c1)C1CCS(=O)(=O)C1. The maximum Gasteiger partial charge on any atom is 0.253 e. The molecule has 0 aliphatic carbocycles. The van der Waals surface area contributed by atoms with Gasteiger partial charge >= 0.3 is 0 Å². The van der Waals surface area contributed by atoms with Crippen LogP contribution in [-0.4, -0.2) is 48.9 Å². The third-order valence-corrected chi connectivity index (χ3v) is 6.08. The van der Waals surface area contributed by atoms with Gasteiger partial charge in [-0.25, -0.2) is 8.42 Å². The first kappa shape index (κ1) is 17.3. The fourth-order valence-electron chi connectivity index (χ4n) is 2.82. The highest BCUT2D eigenvalue weighted by Gasteiger charge is 2.31. The van der Waals surface area contributed by atoms with Gasteiger partial charge in [0.05, 0.1) is 29.0 Å². The van der Waals surface area contributed by atoms with Crippen LogP contribution in [0.25, 0.3) is 0 Å². The van der Waals surface area contributed by atoms with Crippen molar-refractivity contribution in [2.45, 2.75) is 19.0 Å². The number of anilines is 1. The Morgan fingerprint density at radius 3 is 2.84 bits per heavy atom. The van der Waals surface area contributed by atoms with Gasteiger partial charge in [-0.05, 0) is 24.1 Å². The van der Waals surface area contributed by atoms with Gasteiger partial charge in [0.1, 0.15) is 0 Å². The number of hydrogen-bond acceptors (Lipinski definition) is 6. The van der Waals surface area contributed by atoms with E-state index in [-0.39, 0.29) is 23.5 Å². The van der Waals surface area contributed by atoms with E-state index in [9.17, 15) is 13.2 Å². The van der Waals surface area contributed by atoms with Crippen LogP contribution < -0.4 is 10.2 Å². The Morgan fingerprint density at radius 1 is 1.32 bits per heavy atom. The average molecular weight is 360 g/mol. The Kier molecular flexibility index (Phi) is 4.98. The summed E-state index contributed by atoms with van der Waals surface area (Å²) in [5, 5.41) is 2.83.